The van der Waals surface area contributed by atoms with Crippen LogP contribution < -0.4 is 76.1 Å². The second kappa shape index (κ2) is 48.8. The molecule has 3 saturated heterocycles. The first-order valence-electron chi connectivity index (χ1n) is 43.5. The number of nitrogens with two attached hydrogens (primary N) is 4. The quantitative estimate of drug-likeness (QED) is 0.0285. The zero-order chi connectivity index (χ0) is 94.6. The van der Waals surface area contributed by atoms with E-state index >= 15 is 33.6 Å². The Bertz CT molecular complexity index is 4820. The van der Waals surface area contributed by atoms with Gasteiger partial charge in [-0.25, -0.2) is 0 Å². The molecule has 5 heterocycles. The summed E-state index contributed by atoms with van der Waals surface area (Å²) in [5.41, 5.74) is 26.0. The van der Waals surface area contributed by atoms with E-state index < -0.39 is 235 Å². The number of thioether (sulfide) groups is 1. The first-order chi connectivity index (χ1) is 61.4. The van der Waals surface area contributed by atoms with Gasteiger partial charge in [-0.05, 0) is 105 Å². The molecule has 42 heteroatoms. The number of amides is 17. The number of para-hydroxylation sites is 2. The van der Waals surface area contributed by atoms with Crippen molar-refractivity contribution in [1.29, 1.82) is 0 Å². The van der Waals surface area contributed by atoms with E-state index in [4.69, 9.17) is 22.9 Å². The zero-order valence-electron chi connectivity index (χ0n) is 74.0. The fourth-order valence-electron chi connectivity index (χ4n) is 16.0. The molecule has 8 rings (SSSR count). The van der Waals surface area contributed by atoms with E-state index in [9.17, 15) is 63.3 Å². The molecule has 17 amide bonds. The summed E-state index contributed by atoms with van der Waals surface area (Å²) in [6, 6.07) is -1.93. The van der Waals surface area contributed by atoms with Crippen LogP contribution >= 0.6 is 11.8 Å². The maximum absolute atomic E-state index is 15.7. The number of aromatic amines is 2. The van der Waals surface area contributed by atoms with Crippen LogP contribution in [0, 0.1) is 5.92 Å². The molecule has 0 saturated carbocycles. The van der Waals surface area contributed by atoms with Crippen LogP contribution in [-0.4, -0.2) is 313 Å². The average molecular weight is 1820 g/mol. The third-order valence-corrected chi connectivity index (χ3v) is 24.3. The molecule has 704 valence electrons. The lowest BCUT2D eigenvalue weighted by molar-refractivity contribution is -0.149. The number of H-pyrrole nitrogens is 2. The van der Waals surface area contributed by atoms with Crippen LogP contribution in [0.25, 0.3) is 21.8 Å². The smallest absolute Gasteiger partial charge is 0.246 e. The highest BCUT2D eigenvalue weighted by molar-refractivity contribution is 8.00. The molecular formula is C87H125N21O20S. The van der Waals surface area contributed by atoms with Crippen LogP contribution in [0.1, 0.15) is 135 Å². The number of aliphatic hydroxyl groups excluding tert-OH is 2. The number of phenols is 1. The fourth-order valence-corrected chi connectivity index (χ4v) is 16.8. The van der Waals surface area contributed by atoms with E-state index in [2.05, 4.69) is 63.1 Å². The van der Waals surface area contributed by atoms with Gasteiger partial charge in [0.2, 0.25) is 100 Å². The van der Waals surface area contributed by atoms with Crippen molar-refractivity contribution in [2.75, 3.05) is 72.0 Å². The third kappa shape index (κ3) is 28.1. The molecule has 41 nitrogen and oxygen atoms in total. The number of aliphatic hydroxyl groups is 2. The molecule has 3 aliphatic rings. The maximum Gasteiger partial charge on any atom is 0.246 e. The highest BCUT2D eigenvalue weighted by atomic mass is 32.2. The summed E-state index contributed by atoms with van der Waals surface area (Å²) in [5, 5.41) is 60.1. The topological polar surface area (TPSA) is 623 Å². The summed E-state index contributed by atoms with van der Waals surface area (Å²) >= 11 is 0.779. The summed E-state index contributed by atoms with van der Waals surface area (Å²) in [6.45, 7) is 5.49. The van der Waals surface area contributed by atoms with Gasteiger partial charge in [0, 0.05) is 106 Å². The van der Waals surface area contributed by atoms with Crippen molar-refractivity contribution >= 4 is 134 Å². The number of nitrogens with zero attached hydrogens (tertiary/aromatic N) is 5. The average Bonchev–Trinajstić information content (AvgIpc) is 1.52. The number of hydrogen-bond acceptors (Lipinski definition) is 23. The predicted octanol–water partition coefficient (Wildman–Crippen LogP) is -3.46. The van der Waals surface area contributed by atoms with Crippen molar-refractivity contribution in [2.45, 2.75) is 228 Å². The van der Waals surface area contributed by atoms with Gasteiger partial charge >= 0.3 is 0 Å². The van der Waals surface area contributed by atoms with Crippen molar-refractivity contribution < 1.29 is 96.8 Å². The minimum atomic E-state index is -1.88. The molecule has 0 spiro atoms. The van der Waals surface area contributed by atoms with Gasteiger partial charge in [0.1, 0.15) is 90.3 Å². The summed E-state index contributed by atoms with van der Waals surface area (Å²) in [6.07, 6.45) is 1.66. The number of rotatable bonds is 24. The molecule has 0 aliphatic carbocycles. The number of aromatic hydroxyl groups is 1. The monoisotopic (exact) mass is 1820 g/mol. The number of hydrogen-bond donors (Lipinski definition) is 19. The minimum absolute atomic E-state index is 0.00392. The van der Waals surface area contributed by atoms with Crippen molar-refractivity contribution in [3.63, 3.8) is 0 Å². The van der Waals surface area contributed by atoms with Gasteiger partial charge in [0.15, 0.2) is 0 Å². The molecule has 23 N–H and O–H groups in total. The number of nitrogens with one attached hydrogen (secondary N) is 12. The van der Waals surface area contributed by atoms with Crippen LogP contribution in [0.5, 0.6) is 5.75 Å². The first kappa shape index (κ1) is 102. The fraction of sp³-hybridized carbons (Fsp3) is 0.552. The van der Waals surface area contributed by atoms with E-state index in [0.717, 1.165) is 36.3 Å². The molecular weight excluding hydrogens is 1690 g/mol. The van der Waals surface area contributed by atoms with Crippen LogP contribution in [0.4, 0.5) is 0 Å². The van der Waals surface area contributed by atoms with E-state index in [1.165, 1.54) is 52.3 Å². The predicted molar refractivity (Wildman–Crippen MR) is 476 cm³/mol. The number of aromatic nitrogens is 2. The number of phenolic OH excluding ortho intramolecular Hbond substituents is 1. The van der Waals surface area contributed by atoms with Crippen molar-refractivity contribution in [2.24, 2.45) is 28.9 Å². The second-order valence-corrected chi connectivity index (χ2v) is 34.4. The minimum Gasteiger partial charge on any atom is -0.508 e. The van der Waals surface area contributed by atoms with Crippen molar-refractivity contribution in [3.05, 3.63) is 102 Å². The van der Waals surface area contributed by atoms with Gasteiger partial charge < -0.3 is 126 Å². The Morgan fingerprint density at radius 3 is 1.65 bits per heavy atom. The lowest BCUT2D eigenvalue weighted by Gasteiger charge is -2.36. The van der Waals surface area contributed by atoms with Gasteiger partial charge in [-0.15, -0.1) is 11.8 Å². The van der Waals surface area contributed by atoms with Crippen LogP contribution in [0.2, 0.25) is 0 Å². The summed E-state index contributed by atoms with van der Waals surface area (Å²) < 4.78 is 0. The Balaban J connectivity index is 1.18. The van der Waals surface area contributed by atoms with Gasteiger partial charge in [-0.1, -0.05) is 102 Å². The van der Waals surface area contributed by atoms with Crippen LogP contribution in [0.3, 0.4) is 0 Å². The van der Waals surface area contributed by atoms with E-state index in [1.54, 1.807) is 74.8 Å². The number of carbonyl (C=O) groups excluding carboxylic acids is 17. The lowest BCUT2D eigenvalue weighted by atomic mass is 10.00. The summed E-state index contributed by atoms with van der Waals surface area (Å²) in [4.78, 5) is 259. The highest BCUT2D eigenvalue weighted by Gasteiger charge is 2.47. The van der Waals surface area contributed by atoms with E-state index in [0.29, 0.717) is 64.2 Å². The van der Waals surface area contributed by atoms with Crippen molar-refractivity contribution in [1.82, 2.24) is 87.6 Å². The Morgan fingerprint density at radius 1 is 0.535 bits per heavy atom. The summed E-state index contributed by atoms with van der Waals surface area (Å²) in [7, 11) is 3.93. The van der Waals surface area contributed by atoms with Gasteiger partial charge in [-0.3, -0.25) is 81.5 Å². The normalized spacial score (nSPS) is 25.4. The zero-order valence-corrected chi connectivity index (χ0v) is 74.8. The number of unbranched alkanes of at least 4 members (excludes halogenated alkanes) is 2. The SMILES string of the molecule is CCCC[C@H]1C(=O)N(C)[C@@H](CCCC)C(=O)N[C@@H](CCCN)C(=O)N[C@H](C(=O)NCC(N)=O)CSCC(=O)N[C@@H](Cc2ccc(O)cc2)C(=O)N(C)[C@@H](C)C(=O)N[C@@H](CC(N)=O)C(=O)N2CCC[C@H]2C(=O)N[C@@H](CN)C(=O)N[C@@H](CC(C)C)C(=O)N2C[C@H](O)C[C@H]2C(=O)N[C@@H](Cc2c[nH]c3ccccc23)C(=O)N[C@@H](CO)C(=O)N[C@@H](Cc2c[nH]c3ccccc23)C(=O)N1C. The number of benzene rings is 3. The molecule has 129 heavy (non-hydrogen) atoms. The van der Waals surface area contributed by atoms with Gasteiger partial charge in [0.05, 0.1) is 31.4 Å². The Kier molecular flexibility index (Phi) is 38.6. The standard InChI is InChI=1S/C87H125N21O20S/c1-9-11-24-67-80(121)96-58(23-17-31-88)76(117)103-66(75(116)94-42-72(91)113)45-129-46-73(114)95-61(34-49-27-29-52(110)30-28-49)83(124)104(6)48(5)74(115)98-63(38-71(90)112)85(126)107-32-18-26-68(107)81(122)101-64(39-89)78(119)99-60(33-47(3)4)86(127)108-43-53(111)37-70(108)82(123)97-59(35-50-40-92-56-21-15-13-19-54(50)56)77(118)102-65(44-109)79(120)100-62(36-51-41-93-57-22-16-14-20-55(51)57)84(125)106(8)69(25-12-10-2)87(128)105(67)7/h13-16,19-22,27-30,40-41,47-48,53,58-70,92-93,109-111H,9-12,17-18,23-26,31-39,42-46,88-89H2,1-8H3,(H2,90,112)(H2,91,113)(H,94,116)(H,95,114)(H,96,121)(H,97,123)(H,98,115)(H,99,119)(H,100,120)(H,101,122)(H,102,118)(H,103,117)/t48-,53+,58-,59-,60-,61-,62-,63-,64-,65-,66-,67-,68-,69-,70-/m0/s1. The Morgan fingerprint density at radius 2 is 1.05 bits per heavy atom. The summed E-state index contributed by atoms with van der Waals surface area (Å²) in [5.74, 6) is -17.4. The molecule has 3 aromatic carbocycles. The molecule has 0 bridgehead atoms. The third-order valence-electron chi connectivity index (χ3n) is 23.3. The van der Waals surface area contributed by atoms with Crippen molar-refractivity contribution in [3.8, 4) is 5.75 Å². The van der Waals surface area contributed by atoms with Crippen LogP contribution in [-0.2, 0) is 101 Å². The number of fused-ring (bicyclic) bond motifs is 4. The Labute approximate surface area is 751 Å². The first-order valence-corrected chi connectivity index (χ1v) is 44.7. The molecule has 0 radical (unpaired) electrons. The molecule has 3 aliphatic heterocycles. The highest BCUT2D eigenvalue weighted by Crippen LogP contribution is 2.28. The molecule has 5 aromatic rings. The molecule has 2 aromatic heterocycles. The number of primary amides is 2. The maximum atomic E-state index is 15.7. The van der Waals surface area contributed by atoms with Gasteiger partial charge in [-0.2, -0.15) is 0 Å². The largest absolute Gasteiger partial charge is 0.508 e. The van der Waals surface area contributed by atoms with E-state index in [-0.39, 0.29) is 95.4 Å². The van der Waals surface area contributed by atoms with E-state index in [1.807, 2.05) is 13.8 Å². The Hall–Kier alpha value is -12.3. The molecule has 3 fully saturated rings. The lowest BCUT2D eigenvalue weighted by Crippen LogP contribution is -2.62. The number of likely N-dealkylation sites (N-methyl/N-ethyl adjacent to an activating group) is 3. The molecule has 0 unspecified atom stereocenters. The van der Waals surface area contributed by atoms with Crippen LogP contribution in [0.15, 0.2) is 85.2 Å². The number of carbonyl (C=O) groups is 17. The van der Waals surface area contributed by atoms with Gasteiger partial charge in [0.25, 0.3) is 0 Å². The molecule has 15 atom stereocenters. The second-order valence-electron chi connectivity index (χ2n) is 33.4.